The molecule has 0 aliphatic carbocycles. The summed E-state index contributed by atoms with van der Waals surface area (Å²) in [5.74, 6) is 0. The molecule has 4 rings (SSSR count). The van der Waals surface area contributed by atoms with Crippen molar-refractivity contribution >= 4 is 21.8 Å². The fraction of sp³-hybridized carbons (Fsp3) is 0.368. The number of rotatable bonds is 4. The van der Waals surface area contributed by atoms with Crippen LogP contribution in [0.5, 0.6) is 0 Å². The average Bonchev–Trinajstić information content (AvgIpc) is 2.94. The van der Waals surface area contributed by atoms with Crippen molar-refractivity contribution in [3.05, 3.63) is 48.0 Å². The summed E-state index contributed by atoms with van der Waals surface area (Å²) >= 11 is 0. The third-order valence-corrected chi connectivity index (χ3v) is 4.76. The van der Waals surface area contributed by atoms with Gasteiger partial charge in [-0.05, 0) is 23.8 Å². The lowest BCUT2D eigenvalue weighted by atomic mass is 10.1. The quantitative estimate of drug-likeness (QED) is 0.805. The number of hydrogen-bond donors (Lipinski definition) is 1. The number of benzene rings is 2. The van der Waals surface area contributed by atoms with Crippen molar-refractivity contribution in [2.24, 2.45) is 0 Å². The summed E-state index contributed by atoms with van der Waals surface area (Å²) in [5.41, 5.74) is 3.48. The standard InChI is InChI=1S/C19H22N2O2/c22-14-15-5-6-19-17(13-15)16-3-1-2-4-18(16)21(19)8-7-20-9-11-23-12-10-20/h1-6,13,22H,7-12,14H2. The van der Waals surface area contributed by atoms with Crippen LogP contribution in [0.25, 0.3) is 21.8 Å². The van der Waals surface area contributed by atoms with Gasteiger partial charge in [0.25, 0.3) is 0 Å². The molecule has 2 aromatic carbocycles. The number of aliphatic hydroxyl groups excluding tert-OH is 1. The van der Waals surface area contributed by atoms with Crippen molar-refractivity contribution in [2.45, 2.75) is 13.2 Å². The topological polar surface area (TPSA) is 37.6 Å². The van der Waals surface area contributed by atoms with Gasteiger partial charge in [0.2, 0.25) is 0 Å². The van der Waals surface area contributed by atoms with Crippen molar-refractivity contribution in [2.75, 3.05) is 32.8 Å². The molecule has 1 fully saturated rings. The lowest BCUT2D eigenvalue weighted by molar-refractivity contribution is 0.0366. The molecule has 0 radical (unpaired) electrons. The Morgan fingerprint density at radius 3 is 2.52 bits per heavy atom. The SMILES string of the molecule is OCc1ccc2c(c1)c1ccccc1n2CCN1CCOCC1. The largest absolute Gasteiger partial charge is 0.392 e. The van der Waals surface area contributed by atoms with Gasteiger partial charge < -0.3 is 14.4 Å². The first-order valence-corrected chi connectivity index (χ1v) is 8.27. The Morgan fingerprint density at radius 2 is 1.70 bits per heavy atom. The third kappa shape index (κ3) is 2.74. The second-order valence-electron chi connectivity index (χ2n) is 6.13. The van der Waals surface area contributed by atoms with Crippen LogP contribution in [-0.2, 0) is 17.9 Å². The summed E-state index contributed by atoms with van der Waals surface area (Å²) < 4.78 is 7.83. The maximum Gasteiger partial charge on any atom is 0.0682 e. The summed E-state index contributed by atoms with van der Waals surface area (Å²) in [5, 5.41) is 11.9. The summed E-state index contributed by atoms with van der Waals surface area (Å²) in [4.78, 5) is 2.46. The molecule has 1 N–H and O–H groups in total. The first-order valence-electron chi connectivity index (χ1n) is 8.27. The van der Waals surface area contributed by atoms with Crippen LogP contribution in [0.4, 0.5) is 0 Å². The molecule has 1 aliphatic heterocycles. The first-order chi connectivity index (χ1) is 11.4. The molecule has 1 saturated heterocycles. The fourth-order valence-electron chi connectivity index (χ4n) is 3.51. The predicted molar refractivity (Wildman–Crippen MR) is 92.6 cm³/mol. The smallest absolute Gasteiger partial charge is 0.0682 e. The Bertz CT molecular complexity index is 819. The van der Waals surface area contributed by atoms with Crippen molar-refractivity contribution in [3.63, 3.8) is 0 Å². The average molecular weight is 310 g/mol. The number of para-hydroxylation sites is 1. The zero-order valence-corrected chi connectivity index (χ0v) is 13.2. The molecule has 0 bridgehead atoms. The van der Waals surface area contributed by atoms with Gasteiger partial charge in [0, 0.05) is 48.0 Å². The predicted octanol–water partition coefficient (Wildman–Crippen LogP) is 2.62. The molecule has 3 aromatic rings. The van der Waals surface area contributed by atoms with Gasteiger partial charge in [-0.2, -0.15) is 0 Å². The van der Waals surface area contributed by atoms with E-state index in [0.717, 1.165) is 45.0 Å². The van der Waals surface area contributed by atoms with Crippen molar-refractivity contribution in [1.29, 1.82) is 0 Å². The maximum absolute atomic E-state index is 9.42. The van der Waals surface area contributed by atoms with Crippen LogP contribution in [0, 0.1) is 0 Å². The number of fused-ring (bicyclic) bond motifs is 3. The molecule has 2 heterocycles. The van der Waals surface area contributed by atoms with Gasteiger partial charge in [0.15, 0.2) is 0 Å². The van der Waals surface area contributed by atoms with E-state index in [0.29, 0.717) is 0 Å². The van der Waals surface area contributed by atoms with Gasteiger partial charge >= 0.3 is 0 Å². The summed E-state index contributed by atoms with van der Waals surface area (Å²) in [6.07, 6.45) is 0. The van der Waals surface area contributed by atoms with E-state index in [-0.39, 0.29) is 6.61 Å². The molecule has 4 nitrogen and oxygen atoms in total. The second-order valence-corrected chi connectivity index (χ2v) is 6.13. The van der Waals surface area contributed by atoms with Gasteiger partial charge in [-0.15, -0.1) is 0 Å². The van der Waals surface area contributed by atoms with E-state index in [1.54, 1.807) is 0 Å². The van der Waals surface area contributed by atoms with Crippen LogP contribution in [0.3, 0.4) is 0 Å². The molecule has 120 valence electrons. The van der Waals surface area contributed by atoms with E-state index >= 15 is 0 Å². The first kappa shape index (κ1) is 14.7. The highest BCUT2D eigenvalue weighted by Crippen LogP contribution is 2.29. The van der Waals surface area contributed by atoms with Crippen LogP contribution in [0.2, 0.25) is 0 Å². The molecule has 0 spiro atoms. The van der Waals surface area contributed by atoms with E-state index in [1.165, 1.54) is 21.8 Å². The minimum atomic E-state index is 0.0865. The summed E-state index contributed by atoms with van der Waals surface area (Å²) in [6, 6.07) is 14.8. The molecular formula is C19H22N2O2. The summed E-state index contributed by atoms with van der Waals surface area (Å²) in [6.45, 7) is 5.82. The Kier molecular flexibility index (Phi) is 4.04. The van der Waals surface area contributed by atoms with Gasteiger partial charge in [-0.1, -0.05) is 24.3 Å². The van der Waals surface area contributed by atoms with Gasteiger partial charge in [0.1, 0.15) is 0 Å². The van der Waals surface area contributed by atoms with Crippen LogP contribution in [0.15, 0.2) is 42.5 Å². The van der Waals surface area contributed by atoms with E-state index in [9.17, 15) is 5.11 Å². The van der Waals surface area contributed by atoms with Gasteiger partial charge in [-0.3, -0.25) is 4.90 Å². The molecule has 0 amide bonds. The van der Waals surface area contributed by atoms with Crippen molar-refractivity contribution in [3.8, 4) is 0 Å². The Balaban J connectivity index is 1.74. The van der Waals surface area contributed by atoms with Crippen molar-refractivity contribution < 1.29 is 9.84 Å². The van der Waals surface area contributed by atoms with E-state index in [2.05, 4.69) is 45.9 Å². The highest BCUT2D eigenvalue weighted by molar-refractivity contribution is 6.08. The van der Waals surface area contributed by atoms with E-state index in [1.807, 2.05) is 6.07 Å². The molecule has 23 heavy (non-hydrogen) atoms. The Morgan fingerprint density at radius 1 is 0.913 bits per heavy atom. The maximum atomic E-state index is 9.42. The molecule has 1 aliphatic rings. The molecule has 4 heteroatoms. The van der Waals surface area contributed by atoms with E-state index in [4.69, 9.17) is 4.74 Å². The number of morpholine rings is 1. The molecular weight excluding hydrogens is 288 g/mol. The minimum Gasteiger partial charge on any atom is -0.392 e. The lowest BCUT2D eigenvalue weighted by Gasteiger charge is -2.26. The molecule has 0 saturated carbocycles. The second kappa shape index (κ2) is 6.32. The number of aliphatic hydroxyl groups is 1. The Hall–Kier alpha value is -1.88. The monoisotopic (exact) mass is 310 g/mol. The number of hydrogen-bond acceptors (Lipinski definition) is 3. The molecule has 0 atom stereocenters. The van der Waals surface area contributed by atoms with E-state index < -0.39 is 0 Å². The van der Waals surface area contributed by atoms with Crippen LogP contribution < -0.4 is 0 Å². The van der Waals surface area contributed by atoms with Gasteiger partial charge in [0.05, 0.1) is 19.8 Å². The van der Waals surface area contributed by atoms with Crippen LogP contribution >= 0.6 is 0 Å². The number of ether oxygens (including phenoxy) is 1. The highest BCUT2D eigenvalue weighted by Gasteiger charge is 2.14. The van der Waals surface area contributed by atoms with Crippen LogP contribution in [-0.4, -0.2) is 47.4 Å². The molecule has 1 aromatic heterocycles. The van der Waals surface area contributed by atoms with Crippen LogP contribution in [0.1, 0.15) is 5.56 Å². The number of aromatic nitrogens is 1. The minimum absolute atomic E-state index is 0.0865. The third-order valence-electron chi connectivity index (χ3n) is 4.76. The highest BCUT2D eigenvalue weighted by atomic mass is 16.5. The summed E-state index contributed by atoms with van der Waals surface area (Å²) in [7, 11) is 0. The normalized spacial score (nSPS) is 16.4. The molecule has 0 unspecified atom stereocenters. The fourth-order valence-corrected chi connectivity index (χ4v) is 3.51. The lowest BCUT2D eigenvalue weighted by Crippen LogP contribution is -2.38. The van der Waals surface area contributed by atoms with Crippen molar-refractivity contribution in [1.82, 2.24) is 9.47 Å². The zero-order valence-electron chi connectivity index (χ0n) is 13.2. The zero-order chi connectivity index (χ0) is 15.6. The van der Waals surface area contributed by atoms with Gasteiger partial charge in [-0.25, -0.2) is 0 Å². The Labute approximate surface area is 135 Å². The number of nitrogens with zero attached hydrogens (tertiary/aromatic N) is 2.